The number of benzene rings is 3. The van der Waals surface area contributed by atoms with Crippen LogP contribution in [0.4, 0.5) is 0 Å². The fourth-order valence-corrected chi connectivity index (χ4v) is 4.41. The van der Waals surface area contributed by atoms with E-state index in [0.29, 0.717) is 11.3 Å². The number of carbonyl (C=O) groups is 1. The quantitative estimate of drug-likeness (QED) is 0.302. The Bertz CT molecular complexity index is 1300. The van der Waals surface area contributed by atoms with Crippen LogP contribution in [0.5, 0.6) is 5.75 Å². The Morgan fingerprint density at radius 2 is 1.53 bits per heavy atom. The van der Waals surface area contributed by atoms with Crippen LogP contribution >= 0.6 is 0 Å². The molecule has 0 unspecified atom stereocenters. The normalized spacial score (nSPS) is 12.7. The molecule has 36 heavy (non-hydrogen) atoms. The molecule has 0 bridgehead atoms. The fraction of sp³-hybridized carbons (Fsp3) is 0.222. The zero-order valence-electron chi connectivity index (χ0n) is 19.9. The van der Waals surface area contributed by atoms with Gasteiger partial charge < -0.3 is 19.3 Å². The van der Waals surface area contributed by atoms with E-state index in [1.807, 2.05) is 30.3 Å². The first-order valence-electron chi connectivity index (χ1n) is 11.0. The van der Waals surface area contributed by atoms with E-state index in [2.05, 4.69) is 16.6 Å². The van der Waals surface area contributed by atoms with Crippen molar-refractivity contribution < 1.29 is 32.5 Å². The second-order valence-electron chi connectivity index (χ2n) is 7.61. The molecule has 0 saturated carbocycles. The first-order chi connectivity index (χ1) is 17.3. The number of aliphatic carboxylic acids is 1. The van der Waals surface area contributed by atoms with Crippen LogP contribution in [0, 0.1) is 11.8 Å². The number of carboxylic acid groups (broad SMARTS) is 1. The third-order valence-corrected chi connectivity index (χ3v) is 6.60. The van der Waals surface area contributed by atoms with Gasteiger partial charge in [0.2, 0.25) is 10.0 Å². The Morgan fingerprint density at radius 3 is 2.08 bits per heavy atom. The van der Waals surface area contributed by atoms with E-state index in [4.69, 9.17) is 14.2 Å². The summed E-state index contributed by atoms with van der Waals surface area (Å²) in [5.41, 5.74) is 2.30. The Morgan fingerprint density at radius 1 is 0.917 bits per heavy atom. The summed E-state index contributed by atoms with van der Waals surface area (Å²) in [6.07, 6.45) is -1.55. The van der Waals surface area contributed by atoms with Crippen LogP contribution in [-0.2, 0) is 24.3 Å². The Balaban J connectivity index is 1.87. The molecule has 8 nitrogen and oxygen atoms in total. The summed E-state index contributed by atoms with van der Waals surface area (Å²) in [7, 11) is -1.10. The van der Waals surface area contributed by atoms with E-state index in [1.54, 1.807) is 43.5 Å². The predicted molar refractivity (Wildman–Crippen MR) is 135 cm³/mol. The van der Waals surface area contributed by atoms with Crippen LogP contribution in [0.25, 0.3) is 11.1 Å². The van der Waals surface area contributed by atoms with Gasteiger partial charge in [0.05, 0.1) is 25.2 Å². The topological polar surface area (TPSA) is 111 Å². The first kappa shape index (κ1) is 26.9. The van der Waals surface area contributed by atoms with E-state index in [-0.39, 0.29) is 18.1 Å². The molecular formula is C27H27NO7S. The molecule has 2 atom stereocenters. The second-order valence-corrected chi connectivity index (χ2v) is 9.32. The molecule has 3 rings (SSSR count). The highest BCUT2D eigenvalue weighted by Gasteiger charge is 2.32. The maximum atomic E-state index is 13.2. The molecule has 9 heteroatoms. The summed E-state index contributed by atoms with van der Waals surface area (Å²) in [5, 5.41) is 9.73. The summed E-state index contributed by atoms with van der Waals surface area (Å²) in [5.74, 6) is 4.90. The molecule has 3 aromatic rings. The van der Waals surface area contributed by atoms with E-state index in [1.165, 1.54) is 19.2 Å². The Labute approximate surface area is 210 Å². The van der Waals surface area contributed by atoms with Crippen LogP contribution in [0.15, 0.2) is 83.8 Å². The van der Waals surface area contributed by atoms with Crippen molar-refractivity contribution in [2.24, 2.45) is 0 Å². The van der Waals surface area contributed by atoms with Crippen LogP contribution in [0.3, 0.4) is 0 Å². The third-order valence-electron chi connectivity index (χ3n) is 5.15. The molecule has 0 aliphatic heterocycles. The molecular weight excluding hydrogens is 482 g/mol. The van der Waals surface area contributed by atoms with Crippen LogP contribution in [0.2, 0.25) is 0 Å². The molecule has 0 fully saturated rings. The second kappa shape index (κ2) is 12.9. The summed E-state index contributed by atoms with van der Waals surface area (Å²) in [6.45, 7) is 0.0947. The van der Waals surface area contributed by atoms with E-state index >= 15 is 0 Å². The van der Waals surface area contributed by atoms with E-state index < -0.39 is 28.1 Å². The minimum atomic E-state index is -4.13. The van der Waals surface area contributed by atoms with Crippen molar-refractivity contribution in [2.45, 2.75) is 17.0 Å². The van der Waals surface area contributed by atoms with Crippen molar-refractivity contribution in [2.75, 3.05) is 27.4 Å². The lowest BCUT2D eigenvalue weighted by Gasteiger charge is -2.21. The Kier molecular flexibility index (Phi) is 9.61. The summed E-state index contributed by atoms with van der Waals surface area (Å²) < 4.78 is 44.2. The molecule has 0 heterocycles. The molecule has 2 N–H and O–H groups in total. The van der Waals surface area contributed by atoms with Gasteiger partial charge in [0.25, 0.3) is 0 Å². The smallest absolute Gasteiger partial charge is 0.335 e. The van der Waals surface area contributed by atoms with Gasteiger partial charge in [0.15, 0.2) is 6.10 Å². The van der Waals surface area contributed by atoms with E-state index in [0.717, 1.165) is 11.1 Å². The Hall–Kier alpha value is -3.68. The van der Waals surface area contributed by atoms with Crippen LogP contribution in [-0.4, -0.2) is 59.1 Å². The highest BCUT2D eigenvalue weighted by atomic mass is 32.2. The number of hydrogen-bond acceptors (Lipinski definition) is 6. The van der Waals surface area contributed by atoms with Crippen LogP contribution in [0.1, 0.15) is 5.56 Å². The van der Waals surface area contributed by atoms with Crippen molar-refractivity contribution in [3.63, 3.8) is 0 Å². The first-order valence-corrected chi connectivity index (χ1v) is 12.5. The van der Waals surface area contributed by atoms with Gasteiger partial charge in [0, 0.05) is 12.7 Å². The number of rotatable bonds is 11. The molecule has 3 aromatic carbocycles. The van der Waals surface area contributed by atoms with Gasteiger partial charge in [-0.2, -0.15) is 4.72 Å². The average Bonchev–Trinajstić information content (AvgIpc) is 2.90. The highest BCUT2D eigenvalue weighted by molar-refractivity contribution is 7.89. The van der Waals surface area contributed by atoms with Gasteiger partial charge in [-0.1, -0.05) is 54.3 Å². The third kappa shape index (κ3) is 7.41. The lowest BCUT2D eigenvalue weighted by Crippen LogP contribution is -2.47. The largest absolute Gasteiger partial charge is 0.497 e. The molecule has 0 aliphatic carbocycles. The number of methoxy groups -OCH3 is 2. The van der Waals surface area contributed by atoms with Crippen molar-refractivity contribution in [3.8, 4) is 28.7 Å². The van der Waals surface area contributed by atoms with Crippen molar-refractivity contribution in [3.05, 3.63) is 84.4 Å². The number of nitrogens with one attached hydrogen (secondary N) is 1. The maximum Gasteiger partial charge on any atom is 0.335 e. The average molecular weight is 510 g/mol. The number of sulfonamides is 1. The minimum Gasteiger partial charge on any atom is -0.497 e. The molecule has 0 amide bonds. The molecule has 0 aromatic heterocycles. The molecule has 188 valence electrons. The van der Waals surface area contributed by atoms with Gasteiger partial charge in [-0.3, -0.25) is 0 Å². The zero-order chi connectivity index (χ0) is 26.0. The van der Waals surface area contributed by atoms with Gasteiger partial charge in [0.1, 0.15) is 11.8 Å². The standard InChI is InChI=1S/C27H27NO7S/c1-33-18-19-35-26(27(29)30)25(17-8-20-6-4-3-5-7-20)28-36(31,32)24-15-11-22(12-16-24)21-9-13-23(34-2)14-10-21/h3-7,9-16,25-26,28H,18-19H2,1-2H3,(H,29,30)/t25-,26+/m0/s1. The van der Waals surface area contributed by atoms with Gasteiger partial charge in [-0.25, -0.2) is 13.2 Å². The summed E-state index contributed by atoms with van der Waals surface area (Å²) >= 11 is 0. The highest BCUT2D eigenvalue weighted by Crippen LogP contribution is 2.24. The van der Waals surface area contributed by atoms with Crippen LogP contribution < -0.4 is 9.46 Å². The number of carboxylic acids is 1. The minimum absolute atomic E-state index is 0.0349. The number of ether oxygens (including phenoxy) is 3. The maximum absolute atomic E-state index is 13.2. The van der Waals surface area contributed by atoms with Gasteiger partial charge >= 0.3 is 5.97 Å². The lowest BCUT2D eigenvalue weighted by molar-refractivity contribution is -0.151. The van der Waals surface area contributed by atoms with Crippen molar-refractivity contribution in [1.29, 1.82) is 0 Å². The predicted octanol–water partition coefficient (Wildman–Crippen LogP) is 3.18. The van der Waals surface area contributed by atoms with Crippen molar-refractivity contribution >= 4 is 16.0 Å². The fourth-order valence-electron chi connectivity index (χ4n) is 3.26. The van der Waals surface area contributed by atoms with Crippen molar-refractivity contribution in [1.82, 2.24) is 4.72 Å². The molecule has 0 radical (unpaired) electrons. The summed E-state index contributed by atoms with van der Waals surface area (Å²) in [4.78, 5) is 11.9. The van der Waals surface area contributed by atoms with Gasteiger partial charge in [-0.05, 0) is 47.5 Å². The summed E-state index contributed by atoms with van der Waals surface area (Å²) in [6, 6.07) is 21.1. The monoisotopic (exact) mass is 509 g/mol. The van der Waals surface area contributed by atoms with E-state index in [9.17, 15) is 18.3 Å². The molecule has 0 aliphatic rings. The lowest BCUT2D eigenvalue weighted by atomic mass is 10.1. The number of hydrogen-bond donors (Lipinski definition) is 2. The van der Waals surface area contributed by atoms with Gasteiger partial charge in [-0.15, -0.1) is 0 Å². The molecule has 0 spiro atoms. The zero-order valence-corrected chi connectivity index (χ0v) is 20.7. The molecule has 0 saturated heterocycles. The SMILES string of the molecule is COCCO[C@@H](C(=O)O)[C@H](C#Cc1ccccc1)NS(=O)(=O)c1ccc(-c2ccc(OC)cc2)cc1.